The summed E-state index contributed by atoms with van der Waals surface area (Å²) in [4.78, 5) is 23.7. The van der Waals surface area contributed by atoms with Crippen molar-refractivity contribution in [2.75, 3.05) is 41.8 Å². The van der Waals surface area contributed by atoms with Gasteiger partial charge in [-0.05, 0) is 36.2 Å². The van der Waals surface area contributed by atoms with Gasteiger partial charge in [0.05, 0.1) is 13.2 Å². The van der Waals surface area contributed by atoms with Crippen molar-refractivity contribution < 1.29 is 9.53 Å². The van der Waals surface area contributed by atoms with Gasteiger partial charge in [-0.25, -0.2) is 9.78 Å². The molecule has 1 aliphatic rings. The van der Waals surface area contributed by atoms with E-state index in [1.54, 1.807) is 12.4 Å². The summed E-state index contributed by atoms with van der Waals surface area (Å²) in [5, 5.41) is 5.76. The van der Waals surface area contributed by atoms with Crippen LogP contribution in [0, 0.1) is 0 Å². The van der Waals surface area contributed by atoms with Crippen molar-refractivity contribution >= 4 is 23.2 Å². The van der Waals surface area contributed by atoms with Gasteiger partial charge >= 0.3 is 6.03 Å². The zero-order valence-electron chi connectivity index (χ0n) is 17.0. The number of anilines is 3. The number of nitrogens with one attached hydrogen (secondary N) is 2. The van der Waals surface area contributed by atoms with Crippen molar-refractivity contribution in [3.8, 4) is 11.3 Å². The minimum atomic E-state index is -0.288. The summed E-state index contributed by atoms with van der Waals surface area (Å²) in [6.07, 6.45) is 4.35. The summed E-state index contributed by atoms with van der Waals surface area (Å²) < 4.78 is 5.45. The highest BCUT2D eigenvalue weighted by molar-refractivity contribution is 6.00. The fourth-order valence-electron chi connectivity index (χ4n) is 3.40. The Morgan fingerprint density at radius 1 is 1.00 bits per heavy atom. The molecule has 2 amide bonds. The van der Waals surface area contributed by atoms with Gasteiger partial charge in [0.1, 0.15) is 5.69 Å². The minimum absolute atomic E-state index is 0.288. The highest BCUT2D eigenvalue weighted by Crippen LogP contribution is 2.29. The summed E-state index contributed by atoms with van der Waals surface area (Å²) in [5.74, 6) is 0.832. The number of urea groups is 1. The third-order valence-electron chi connectivity index (χ3n) is 5.00. The normalized spacial score (nSPS) is 13.7. The second kappa shape index (κ2) is 9.37. The highest BCUT2D eigenvalue weighted by Gasteiger charge is 2.18. The third kappa shape index (κ3) is 4.75. The molecule has 1 saturated heterocycles. The average molecular weight is 403 g/mol. The van der Waals surface area contributed by atoms with Gasteiger partial charge in [0.25, 0.3) is 0 Å². The quantitative estimate of drug-likeness (QED) is 0.668. The molecule has 2 heterocycles. The standard InChI is InChI=1S/C23H25N5O2/c1-2-17-6-8-19(9-7-17)26-23(29)27-20-5-3-4-18(16-20)21-22(25-11-10-24-21)28-12-14-30-15-13-28/h3-11,16H,2,12-15H2,1H3,(H2,26,27,29). The largest absolute Gasteiger partial charge is 0.378 e. The molecule has 1 aliphatic heterocycles. The summed E-state index contributed by atoms with van der Waals surface area (Å²) in [7, 11) is 0. The van der Waals surface area contributed by atoms with Crippen molar-refractivity contribution in [1.29, 1.82) is 0 Å². The molecule has 0 saturated carbocycles. The van der Waals surface area contributed by atoms with Crippen LogP contribution >= 0.6 is 0 Å². The highest BCUT2D eigenvalue weighted by atomic mass is 16.5. The number of morpholine rings is 1. The number of carbonyl (C=O) groups excluding carboxylic acids is 1. The summed E-state index contributed by atoms with van der Waals surface area (Å²) in [5.41, 5.74) is 4.36. The van der Waals surface area contributed by atoms with Crippen LogP contribution in [0.4, 0.5) is 22.0 Å². The van der Waals surface area contributed by atoms with Gasteiger partial charge in [-0.1, -0.05) is 31.2 Å². The number of rotatable bonds is 5. The molecular formula is C23H25N5O2. The van der Waals surface area contributed by atoms with E-state index < -0.39 is 0 Å². The zero-order chi connectivity index (χ0) is 20.8. The molecule has 2 N–H and O–H groups in total. The van der Waals surface area contributed by atoms with Crippen molar-refractivity contribution in [3.63, 3.8) is 0 Å². The molecule has 4 rings (SSSR count). The van der Waals surface area contributed by atoms with Crippen LogP contribution in [0.15, 0.2) is 60.9 Å². The van der Waals surface area contributed by atoms with E-state index in [9.17, 15) is 4.79 Å². The molecule has 0 bridgehead atoms. The summed E-state index contributed by atoms with van der Waals surface area (Å²) in [6.45, 7) is 5.02. The van der Waals surface area contributed by atoms with Gasteiger partial charge in [0, 0.05) is 42.4 Å². The Hall–Kier alpha value is -3.45. The van der Waals surface area contributed by atoms with Crippen molar-refractivity contribution in [1.82, 2.24) is 9.97 Å². The van der Waals surface area contributed by atoms with E-state index >= 15 is 0 Å². The Kier molecular flexibility index (Phi) is 6.20. The zero-order valence-corrected chi connectivity index (χ0v) is 17.0. The van der Waals surface area contributed by atoms with Crippen LogP contribution in [0.2, 0.25) is 0 Å². The Morgan fingerprint density at radius 3 is 2.50 bits per heavy atom. The fourth-order valence-corrected chi connectivity index (χ4v) is 3.40. The van der Waals surface area contributed by atoms with Gasteiger partial charge in [-0.2, -0.15) is 0 Å². The topological polar surface area (TPSA) is 79.4 Å². The molecule has 30 heavy (non-hydrogen) atoms. The lowest BCUT2D eigenvalue weighted by Gasteiger charge is -2.28. The number of nitrogens with zero attached hydrogens (tertiary/aromatic N) is 3. The maximum absolute atomic E-state index is 12.4. The van der Waals surface area contributed by atoms with Crippen LogP contribution in [-0.2, 0) is 11.2 Å². The number of amides is 2. The van der Waals surface area contributed by atoms with Gasteiger partial charge in [-0.3, -0.25) is 4.98 Å². The van der Waals surface area contributed by atoms with E-state index in [1.807, 2.05) is 48.5 Å². The number of aryl methyl sites for hydroxylation is 1. The maximum Gasteiger partial charge on any atom is 0.323 e. The Balaban J connectivity index is 1.49. The lowest BCUT2D eigenvalue weighted by atomic mass is 10.1. The van der Waals surface area contributed by atoms with Crippen LogP contribution in [0.1, 0.15) is 12.5 Å². The van der Waals surface area contributed by atoms with Crippen LogP contribution in [0.25, 0.3) is 11.3 Å². The molecule has 7 nitrogen and oxygen atoms in total. The van der Waals surface area contributed by atoms with Gasteiger partial charge in [-0.15, -0.1) is 0 Å². The molecule has 154 valence electrons. The number of ether oxygens (including phenoxy) is 1. The lowest BCUT2D eigenvalue weighted by molar-refractivity contribution is 0.122. The third-order valence-corrected chi connectivity index (χ3v) is 5.00. The second-order valence-electron chi connectivity index (χ2n) is 7.04. The molecule has 2 aromatic carbocycles. The Bertz CT molecular complexity index is 1000. The molecule has 0 unspecified atom stereocenters. The molecule has 1 aromatic heterocycles. The van der Waals surface area contributed by atoms with Crippen molar-refractivity contribution in [2.24, 2.45) is 0 Å². The van der Waals surface area contributed by atoms with E-state index in [4.69, 9.17) is 4.74 Å². The smallest absolute Gasteiger partial charge is 0.323 e. The molecule has 1 fully saturated rings. The number of hydrogen-bond donors (Lipinski definition) is 2. The Morgan fingerprint density at radius 2 is 1.73 bits per heavy atom. The number of benzene rings is 2. The predicted octanol–water partition coefficient (Wildman–Crippen LogP) is 4.19. The van der Waals surface area contributed by atoms with Crippen LogP contribution < -0.4 is 15.5 Å². The average Bonchev–Trinajstić information content (AvgIpc) is 2.80. The minimum Gasteiger partial charge on any atom is -0.378 e. The molecule has 0 aliphatic carbocycles. The molecule has 3 aromatic rings. The SMILES string of the molecule is CCc1ccc(NC(=O)Nc2cccc(-c3nccnc3N3CCOCC3)c2)cc1. The van der Waals surface area contributed by atoms with E-state index in [-0.39, 0.29) is 6.03 Å². The predicted molar refractivity (Wildman–Crippen MR) is 119 cm³/mol. The van der Waals surface area contributed by atoms with Crippen molar-refractivity contribution in [3.05, 3.63) is 66.5 Å². The number of carbonyl (C=O) groups is 1. The fraction of sp³-hybridized carbons (Fsp3) is 0.261. The second-order valence-corrected chi connectivity index (χ2v) is 7.04. The molecule has 7 heteroatoms. The van der Waals surface area contributed by atoms with E-state index in [0.717, 1.165) is 42.3 Å². The van der Waals surface area contributed by atoms with E-state index in [1.165, 1.54) is 5.56 Å². The van der Waals surface area contributed by atoms with Crippen LogP contribution in [0.5, 0.6) is 0 Å². The maximum atomic E-state index is 12.4. The van der Waals surface area contributed by atoms with Crippen LogP contribution in [0.3, 0.4) is 0 Å². The first kappa shape index (κ1) is 19.8. The molecule has 0 atom stereocenters. The van der Waals surface area contributed by atoms with Gasteiger partial charge in [0.2, 0.25) is 0 Å². The van der Waals surface area contributed by atoms with E-state index in [2.05, 4.69) is 32.4 Å². The Labute approximate surface area is 176 Å². The van der Waals surface area contributed by atoms with Gasteiger partial charge in [0.15, 0.2) is 5.82 Å². The molecular weight excluding hydrogens is 378 g/mol. The monoisotopic (exact) mass is 403 g/mol. The first-order valence-electron chi connectivity index (χ1n) is 10.1. The summed E-state index contributed by atoms with van der Waals surface area (Å²) >= 11 is 0. The number of hydrogen-bond acceptors (Lipinski definition) is 5. The van der Waals surface area contributed by atoms with Crippen LogP contribution in [-0.4, -0.2) is 42.3 Å². The first-order chi connectivity index (χ1) is 14.7. The first-order valence-corrected chi connectivity index (χ1v) is 10.1. The molecule has 0 spiro atoms. The number of aromatic nitrogens is 2. The van der Waals surface area contributed by atoms with E-state index in [0.29, 0.717) is 18.9 Å². The molecule has 0 radical (unpaired) electrons. The van der Waals surface area contributed by atoms with Crippen molar-refractivity contribution in [2.45, 2.75) is 13.3 Å². The summed E-state index contributed by atoms with van der Waals surface area (Å²) in [6, 6.07) is 15.2. The van der Waals surface area contributed by atoms with Gasteiger partial charge < -0.3 is 20.3 Å². The lowest BCUT2D eigenvalue weighted by Crippen LogP contribution is -2.37.